The zero-order chi connectivity index (χ0) is 17.4. The van der Waals surface area contributed by atoms with Crippen LogP contribution < -0.4 is 10.6 Å². The highest BCUT2D eigenvalue weighted by atomic mass is 32.1. The van der Waals surface area contributed by atoms with Gasteiger partial charge in [0.25, 0.3) is 5.91 Å². The van der Waals surface area contributed by atoms with Crippen LogP contribution in [-0.4, -0.2) is 40.8 Å². The Labute approximate surface area is 144 Å². The second kappa shape index (κ2) is 6.24. The summed E-state index contributed by atoms with van der Waals surface area (Å²) in [5, 5.41) is 0.369. The van der Waals surface area contributed by atoms with Crippen molar-refractivity contribution in [1.29, 1.82) is 0 Å². The molecule has 24 heavy (non-hydrogen) atoms. The summed E-state index contributed by atoms with van der Waals surface area (Å²) in [5.41, 5.74) is 8.30. The predicted molar refractivity (Wildman–Crippen MR) is 95.3 cm³/mol. The summed E-state index contributed by atoms with van der Waals surface area (Å²) in [5.74, 6) is -0.258. The molecule has 0 unspecified atom stereocenters. The number of nitrogen functional groups attached to an aromatic ring is 1. The number of nitrogens with zero attached hydrogens (tertiary/aromatic N) is 3. The van der Waals surface area contributed by atoms with E-state index in [2.05, 4.69) is 4.98 Å². The van der Waals surface area contributed by atoms with Gasteiger partial charge in [-0.3, -0.25) is 9.59 Å². The molecule has 2 N–H and O–H groups in total. The number of carbonyl (C=O) groups is 2. The van der Waals surface area contributed by atoms with Crippen LogP contribution in [0, 0.1) is 13.8 Å². The first-order chi connectivity index (χ1) is 11.4. The third kappa shape index (κ3) is 2.99. The van der Waals surface area contributed by atoms with E-state index in [-0.39, 0.29) is 24.4 Å². The van der Waals surface area contributed by atoms with Crippen LogP contribution in [0.1, 0.15) is 27.9 Å². The van der Waals surface area contributed by atoms with Gasteiger partial charge in [0, 0.05) is 18.3 Å². The van der Waals surface area contributed by atoms with Crippen LogP contribution >= 0.6 is 11.3 Å². The number of hydrogen-bond donors (Lipinski definition) is 1. The molecule has 1 saturated heterocycles. The minimum absolute atomic E-state index is 0.0606. The summed E-state index contributed by atoms with van der Waals surface area (Å²) < 4.78 is 0. The van der Waals surface area contributed by atoms with Crippen molar-refractivity contribution < 1.29 is 9.59 Å². The number of anilines is 2. The molecule has 0 saturated carbocycles. The largest absolute Gasteiger partial charge is 0.375 e. The van der Waals surface area contributed by atoms with E-state index in [1.165, 1.54) is 11.3 Å². The van der Waals surface area contributed by atoms with E-state index >= 15 is 0 Å². The normalized spacial score (nSPS) is 18.1. The molecule has 2 aromatic rings. The van der Waals surface area contributed by atoms with Gasteiger partial charge in [0.1, 0.15) is 11.4 Å². The molecule has 1 fully saturated rings. The van der Waals surface area contributed by atoms with Gasteiger partial charge < -0.3 is 15.5 Å². The van der Waals surface area contributed by atoms with Crippen LogP contribution in [-0.2, 0) is 4.79 Å². The van der Waals surface area contributed by atoms with Gasteiger partial charge in [-0.2, -0.15) is 0 Å². The van der Waals surface area contributed by atoms with E-state index in [0.29, 0.717) is 22.2 Å². The second-order valence-corrected chi connectivity index (χ2v) is 7.12. The molecule has 3 rings (SSSR count). The van der Waals surface area contributed by atoms with Crippen molar-refractivity contribution in [3.8, 4) is 0 Å². The van der Waals surface area contributed by atoms with Gasteiger partial charge in [-0.25, -0.2) is 4.98 Å². The standard InChI is InChI=1S/C17H20N4O2S/c1-10-4-6-13(7-5-10)21-8-11(2)20(9-14(21)22)16(23)15-12(3)19-17(18)24-15/h4-7,11H,8-9H2,1-3H3,(H2,18,19)/t11-/m1/s1. The highest BCUT2D eigenvalue weighted by Crippen LogP contribution is 2.26. The van der Waals surface area contributed by atoms with E-state index in [1.807, 2.05) is 38.1 Å². The van der Waals surface area contributed by atoms with Gasteiger partial charge in [0.05, 0.1) is 5.69 Å². The summed E-state index contributed by atoms with van der Waals surface area (Å²) in [6, 6.07) is 7.75. The molecule has 1 aliphatic heterocycles. The van der Waals surface area contributed by atoms with Crippen LogP contribution in [0.5, 0.6) is 0 Å². The van der Waals surface area contributed by atoms with Crippen molar-refractivity contribution >= 4 is 34.0 Å². The molecule has 0 bridgehead atoms. The number of benzene rings is 1. The Hall–Kier alpha value is -2.41. The van der Waals surface area contributed by atoms with Crippen LogP contribution in [0.4, 0.5) is 10.8 Å². The number of nitrogens with two attached hydrogens (primary N) is 1. The zero-order valence-corrected chi connectivity index (χ0v) is 14.8. The highest BCUT2D eigenvalue weighted by Gasteiger charge is 2.34. The minimum Gasteiger partial charge on any atom is -0.375 e. The average Bonchev–Trinajstić information content (AvgIpc) is 2.88. The third-order valence-electron chi connectivity index (χ3n) is 4.20. The van der Waals surface area contributed by atoms with Crippen LogP contribution in [0.2, 0.25) is 0 Å². The number of amides is 2. The molecule has 6 nitrogen and oxygen atoms in total. The fraction of sp³-hybridized carbons (Fsp3) is 0.353. The maximum absolute atomic E-state index is 12.7. The lowest BCUT2D eigenvalue weighted by atomic mass is 10.1. The third-order valence-corrected chi connectivity index (χ3v) is 5.17. The van der Waals surface area contributed by atoms with Gasteiger partial charge in [0.2, 0.25) is 5.91 Å². The van der Waals surface area contributed by atoms with Crippen LogP contribution in [0.25, 0.3) is 0 Å². The summed E-state index contributed by atoms with van der Waals surface area (Å²) in [6.45, 7) is 6.25. The number of carbonyl (C=O) groups excluding carboxylic acids is 2. The van der Waals surface area contributed by atoms with Crippen molar-refractivity contribution in [1.82, 2.24) is 9.88 Å². The molecular formula is C17H20N4O2S. The molecule has 2 heterocycles. The molecule has 0 spiro atoms. The summed E-state index contributed by atoms with van der Waals surface area (Å²) in [6.07, 6.45) is 0. The topological polar surface area (TPSA) is 79.5 Å². The van der Waals surface area contributed by atoms with Crippen molar-refractivity contribution in [2.24, 2.45) is 0 Å². The second-order valence-electron chi connectivity index (χ2n) is 6.09. The zero-order valence-electron chi connectivity index (χ0n) is 13.9. The molecule has 1 atom stereocenters. The Balaban J connectivity index is 1.80. The van der Waals surface area contributed by atoms with Gasteiger partial charge in [0.15, 0.2) is 5.13 Å². The van der Waals surface area contributed by atoms with Gasteiger partial charge in [-0.15, -0.1) is 0 Å². The smallest absolute Gasteiger partial charge is 0.266 e. The number of piperazine rings is 1. The summed E-state index contributed by atoms with van der Waals surface area (Å²) in [4.78, 5) is 33.3. The van der Waals surface area contributed by atoms with Gasteiger partial charge in [-0.1, -0.05) is 29.0 Å². The number of aryl methyl sites for hydroxylation is 2. The first-order valence-corrected chi connectivity index (χ1v) is 8.59. The van der Waals surface area contributed by atoms with Crippen molar-refractivity contribution in [3.05, 3.63) is 40.4 Å². The summed E-state index contributed by atoms with van der Waals surface area (Å²) in [7, 11) is 0. The maximum Gasteiger partial charge on any atom is 0.266 e. The molecule has 1 aromatic heterocycles. The van der Waals surface area contributed by atoms with E-state index in [0.717, 1.165) is 11.3 Å². The Kier molecular flexibility index (Phi) is 4.28. The summed E-state index contributed by atoms with van der Waals surface area (Å²) >= 11 is 1.17. The number of rotatable bonds is 2. The molecule has 126 valence electrons. The predicted octanol–water partition coefficient (Wildman–Crippen LogP) is 2.22. The lowest BCUT2D eigenvalue weighted by Gasteiger charge is -2.39. The molecule has 0 radical (unpaired) electrons. The van der Waals surface area contributed by atoms with E-state index in [4.69, 9.17) is 5.73 Å². The Morgan fingerprint density at radius 3 is 2.54 bits per heavy atom. The quantitative estimate of drug-likeness (QED) is 0.906. The Bertz CT molecular complexity index is 784. The minimum atomic E-state index is -0.175. The SMILES string of the molecule is Cc1ccc(N2C[C@@H](C)N(C(=O)c3sc(N)nc3C)CC2=O)cc1. The van der Waals surface area contributed by atoms with Crippen molar-refractivity contribution in [3.63, 3.8) is 0 Å². The fourth-order valence-corrected chi connectivity index (χ4v) is 3.63. The number of thiazole rings is 1. The van der Waals surface area contributed by atoms with Gasteiger partial charge >= 0.3 is 0 Å². The fourth-order valence-electron chi connectivity index (χ4n) is 2.84. The molecule has 7 heteroatoms. The van der Waals surface area contributed by atoms with E-state index in [9.17, 15) is 9.59 Å². The first-order valence-electron chi connectivity index (χ1n) is 7.77. The molecule has 1 aliphatic rings. The maximum atomic E-state index is 12.7. The van der Waals surface area contributed by atoms with Crippen LogP contribution in [0.15, 0.2) is 24.3 Å². The monoisotopic (exact) mass is 344 g/mol. The Morgan fingerprint density at radius 1 is 1.29 bits per heavy atom. The van der Waals surface area contributed by atoms with Crippen molar-refractivity contribution in [2.45, 2.75) is 26.8 Å². The van der Waals surface area contributed by atoms with E-state index < -0.39 is 0 Å². The molecular weight excluding hydrogens is 324 g/mol. The number of hydrogen-bond acceptors (Lipinski definition) is 5. The molecule has 0 aliphatic carbocycles. The van der Waals surface area contributed by atoms with Crippen LogP contribution in [0.3, 0.4) is 0 Å². The molecule has 1 aromatic carbocycles. The lowest BCUT2D eigenvalue weighted by Crippen LogP contribution is -2.57. The average molecular weight is 344 g/mol. The number of aromatic nitrogens is 1. The van der Waals surface area contributed by atoms with Gasteiger partial charge in [-0.05, 0) is 32.9 Å². The molecule has 2 amide bonds. The van der Waals surface area contributed by atoms with Crippen molar-refractivity contribution in [2.75, 3.05) is 23.7 Å². The lowest BCUT2D eigenvalue weighted by molar-refractivity contribution is -0.121. The first kappa shape index (κ1) is 16.4. The van der Waals surface area contributed by atoms with E-state index in [1.54, 1.807) is 16.7 Å². The Morgan fingerprint density at radius 2 is 1.96 bits per heavy atom. The highest BCUT2D eigenvalue weighted by molar-refractivity contribution is 7.17.